The molecule has 5 nitrogen and oxygen atoms in total. The highest BCUT2D eigenvalue weighted by molar-refractivity contribution is 5.79. The molecule has 1 amide bonds. The number of nitrogens with zero attached hydrogens (tertiary/aromatic N) is 3. The summed E-state index contributed by atoms with van der Waals surface area (Å²) in [4.78, 5) is 21.9. The first kappa shape index (κ1) is 17.9. The van der Waals surface area contributed by atoms with E-state index in [-0.39, 0.29) is 18.0 Å². The summed E-state index contributed by atoms with van der Waals surface area (Å²) < 4.78 is 0. The van der Waals surface area contributed by atoms with Crippen LogP contribution in [-0.4, -0.2) is 57.0 Å². The highest BCUT2D eigenvalue weighted by Crippen LogP contribution is 2.45. The molecule has 0 radical (unpaired) electrons. The Kier molecular flexibility index (Phi) is 5.02. The van der Waals surface area contributed by atoms with E-state index in [1.807, 2.05) is 18.2 Å². The topological polar surface area (TPSA) is 56.7 Å². The van der Waals surface area contributed by atoms with Gasteiger partial charge in [0.25, 0.3) is 0 Å². The lowest BCUT2D eigenvalue weighted by atomic mass is 9.83. The van der Waals surface area contributed by atoms with E-state index in [9.17, 15) is 9.90 Å². The number of pyridine rings is 1. The van der Waals surface area contributed by atoms with Gasteiger partial charge in [0.15, 0.2) is 0 Å². The molecule has 3 saturated heterocycles. The molecule has 1 aromatic heterocycles. The lowest BCUT2D eigenvalue weighted by Crippen LogP contribution is -2.54. The van der Waals surface area contributed by atoms with Gasteiger partial charge >= 0.3 is 0 Å². The van der Waals surface area contributed by atoms with Crippen LogP contribution in [0.2, 0.25) is 0 Å². The quantitative estimate of drug-likeness (QED) is 0.900. The van der Waals surface area contributed by atoms with Crippen molar-refractivity contribution in [3.63, 3.8) is 0 Å². The minimum Gasteiger partial charge on any atom is -0.383 e. The van der Waals surface area contributed by atoms with Crippen LogP contribution in [0.4, 0.5) is 0 Å². The molecule has 0 unspecified atom stereocenters. The average molecular weight is 357 g/mol. The second-order valence-electron chi connectivity index (χ2n) is 8.36. The summed E-state index contributed by atoms with van der Waals surface area (Å²) in [6, 6.07) is 6.75. The maximum absolute atomic E-state index is 13.0. The van der Waals surface area contributed by atoms with Crippen molar-refractivity contribution in [2.45, 2.75) is 82.0 Å². The highest BCUT2D eigenvalue weighted by atomic mass is 16.3. The Balaban J connectivity index is 1.44. The molecule has 0 aliphatic carbocycles. The zero-order chi connectivity index (χ0) is 18.1. The smallest absolute Gasteiger partial charge is 0.237 e. The second kappa shape index (κ2) is 7.28. The fourth-order valence-electron chi connectivity index (χ4n) is 5.42. The molecule has 3 aliphatic heterocycles. The van der Waals surface area contributed by atoms with Crippen molar-refractivity contribution in [2.75, 3.05) is 13.1 Å². The molecule has 4 heterocycles. The Morgan fingerprint density at radius 2 is 2.00 bits per heavy atom. The molecule has 1 N–H and O–H groups in total. The average Bonchev–Trinajstić information content (AvgIpc) is 2.92. The van der Waals surface area contributed by atoms with E-state index in [2.05, 4.69) is 21.7 Å². The molecule has 4 rings (SSSR count). The van der Waals surface area contributed by atoms with Crippen molar-refractivity contribution < 1.29 is 9.90 Å². The summed E-state index contributed by atoms with van der Waals surface area (Å²) in [5.74, 6) is 0.289. The Hall–Kier alpha value is -1.46. The maximum atomic E-state index is 13.0. The Morgan fingerprint density at radius 3 is 2.65 bits per heavy atom. The molecular formula is C21H31N3O2. The standard InChI is InChI=1S/C21H31N3O2/c1-2-16-7-4-6-12-23(16)20(25)15-24-17-9-10-18(24)14-21(26,13-17)19-8-3-5-11-22-19/h3,5,8,11,16-18,26H,2,4,6-7,9-10,12-15H2,1H3/t16-,17-,18-/m0/s1. The van der Waals surface area contributed by atoms with E-state index in [4.69, 9.17) is 0 Å². The number of carbonyl (C=O) groups is 1. The number of piperidine rings is 2. The van der Waals surface area contributed by atoms with Crippen LogP contribution in [-0.2, 0) is 10.4 Å². The Bertz CT molecular complexity index is 621. The molecule has 1 aromatic rings. The van der Waals surface area contributed by atoms with Crippen LogP contribution in [0, 0.1) is 0 Å². The van der Waals surface area contributed by atoms with Gasteiger partial charge in [-0.15, -0.1) is 0 Å². The first-order valence-electron chi connectivity index (χ1n) is 10.3. The van der Waals surface area contributed by atoms with Gasteiger partial charge in [-0.1, -0.05) is 13.0 Å². The number of hydrogen-bond acceptors (Lipinski definition) is 4. The van der Waals surface area contributed by atoms with Gasteiger partial charge in [-0.3, -0.25) is 14.7 Å². The van der Waals surface area contributed by atoms with Crippen molar-refractivity contribution in [2.24, 2.45) is 0 Å². The van der Waals surface area contributed by atoms with Gasteiger partial charge in [0.2, 0.25) is 5.91 Å². The van der Waals surface area contributed by atoms with E-state index in [0.29, 0.717) is 25.4 Å². The van der Waals surface area contributed by atoms with E-state index in [1.54, 1.807) is 6.20 Å². The molecule has 3 atom stereocenters. The van der Waals surface area contributed by atoms with E-state index in [1.165, 1.54) is 6.42 Å². The third-order valence-electron chi connectivity index (χ3n) is 6.80. The number of amides is 1. The number of aliphatic hydroxyl groups is 1. The number of aromatic nitrogens is 1. The maximum Gasteiger partial charge on any atom is 0.237 e. The summed E-state index contributed by atoms with van der Waals surface area (Å²) in [7, 11) is 0. The van der Waals surface area contributed by atoms with Crippen LogP contribution in [0.1, 0.15) is 64.0 Å². The fourth-order valence-corrected chi connectivity index (χ4v) is 5.42. The first-order valence-corrected chi connectivity index (χ1v) is 10.3. The van der Waals surface area contributed by atoms with E-state index < -0.39 is 5.60 Å². The van der Waals surface area contributed by atoms with Crippen LogP contribution >= 0.6 is 0 Å². The number of rotatable bonds is 4. The Morgan fingerprint density at radius 1 is 1.23 bits per heavy atom. The van der Waals surface area contributed by atoms with Crippen molar-refractivity contribution in [1.29, 1.82) is 0 Å². The van der Waals surface area contributed by atoms with Crippen molar-refractivity contribution in [3.8, 4) is 0 Å². The van der Waals surface area contributed by atoms with Crippen LogP contribution in [0.25, 0.3) is 0 Å². The minimum atomic E-state index is -0.844. The molecule has 0 aromatic carbocycles. The lowest BCUT2D eigenvalue weighted by molar-refractivity contribution is -0.139. The van der Waals surface area contributed by atoms with Gasteiger partial charge < -0.3 is 10.0 Å². The first-order chi connectivity index (χ1) is 12.6. The van der Waals surface area contributed by atoms with Gasteiger partial charge in [0.05, 0.1) is 12.2 Å². The summed E-state index contributed by atoms with van der Waals surface area (Å²) in [5.41, 5.74) is -0.0612. The van der Waals surface area contributed by atoms with Crippen LogP contribution in [0.15, 0.2) is 24.4 Å². The largest absolute Gasteiger partial charge is 0.383 e. The molecule has 142 valence electrons. The zero-order valence-corrected chi connectivity index (χ0v) is 15.8. The van der Waals surface area contributed by atoms with Crippen molar-refractivity contribution >= 4 is 5.91 Å². The van der Waals surface area contributed by atoms with Gasteiger partial charge in [0, 0.05) is 30.9 Å². The third-order valence-corrected chi connectivity index (χ3v) is 6.80. The molecule has 0 spiro atoms. The normalized spacial score (nSPS) is 34.8. The van der Waals surface area contributed by atoms with Crippen molar-refractivity contribution in [3.05, 3.63) is 30.1 Å². The molecule has 3 aliphatic rings. The zero-order valence-electron chi connectivity index (χ0n) is 15.8. The minimum absolute atomic E-state index is 0.287. The fraction of sp³-hybridized carbons (Fsp3) is 0.714. The molecule has 2 bridgehead atoms. The van der Waals surface area contributed by atoms with E-state index >= 15 is 0 Å². The van der Waals surface area contributed by atoms with Gasteiger partial charge in [-0.05, 0) is 63.5 Å². The predicted octanol–water partition coefficient (Wildman–Crippen LogP) is 2.69. The van der Waals surface area contributed by atoms with Gasteiger partial charge in [-0.2, -0.15) is 0 Å². The van der Waals surface area contributed by atoms with Gasteiger partial charge in [0.1, 0.15) is 5.60 Å². The third kappa shape index (κ3) is 3.27. The highest BCUT2D eigenvalue weighted by Gasteiger charge is 2.49. The van der Waals surface area contributed by atoms with Crippen LogP contribution in [0.5, 0.6) is 0 Å². The Labute approximate surface area is 156 Å². The summed E-state index contributed by atoms with van der Waals surface area (Å²) in [5, 5.41) is 11.2. The van der Waals surface area contributed by atoms with Crippen LogP contribution in [0.3, 0.4) is 0 Å². The molecular weight excluding hydrogens is 326 g/mol. The molecule has 26 heavy (non-hydrogen) atoms. The molecule has 3 fully saturated rings. The SMILES string of the molecule is CC[C@H]1CCCCN1C(=O)CN1[C@H]2CC[C@H]1CC(O)(c1ccccn1)C2. The molecule has 0 saturated carbocycles. The number of likely N-dealkylation sites (tertiary alicyclic amines) is 1. The van der Waals surface area contributed by atoms with Crippen LogP contribution < -0.4 is 0 Å². The predicted molar refractivity (Wildman–Crippen MR) is 101 cm³/mol. The van der Waals surface area contributed by atoms with E-state index in [0.717, 1.165) is 44.3 Å². The lowest BCUT2D eigenvalue weighted by Gasteiger charge is -2.44. The summed E-state index contributed by atoms with van der Waals surface area (Å²) in [6.45, 7) is 3.62. The summed E-state index contributed by atoms with van der Waals surface area (Å²) >= 11 is 0. The monoisotopic (exact) mass is 357 g/mol. The summed E-state index contributed by atoms with van der Waals surface area (Å²) in [6.07, 6.45) is 9.85. The number of carbonyl (C=O) groups excluding carboxylic acids is 1. The molecule has 5 heteroatoms. The number of fused-ring (bicyclic) bond motifs is 2. The number of hydrogen-bond donors (Lipinski definition) is 1. The second-order valence-corrected chi connectivity index (χ2v) is 8.36. The van der Waals surface area contributed by atoms with Gasteiger partial charge in [-0.25, -0.2) is 0 Å². The van der Waals surface area contributed by atoms with Crippen molar-refractivity contribution in [1.82, 2.24) is 14.8 Å².